The van der Waals surface area contributed by atoms with Gasteiger partial charge in [-0.3, -0.25) is 5.32 Å². The first kappa shape index (κ1) is 14.6. The molecule has 18 heavy (non-hydrogen) atoms. The highest BCUT2D eigenvalue weighted by molar-refractivity contribution is 5.23. The lowest BCUT2D eigenvalue weighted by atomic mass is 9.94. The van der Waals surface area contributed by atoms with E-state index in [1.54, 1.807) is 25.1 Å². The Balaban J connectivity index is 2.66. The highest BCUT2D eigenvalue weighted by Gasteiger charge is 2.24. The Morgan fingerprint density at radius 3 is 2.61 bits per heavy atom. The van der Waals surface area contributed by atoms with Gasteiger partial charge in [-0.2, -0.15) is 5.26 Å². The fraction of sp³-hybridized carbons (Fsp3) is 0.500. The summed E-state index contributed by atoms with van der Waals surface area (Å²) >= 11 is 0. The minimum absolute atomic E-state index is 0.256. The van der Waals surface area contributed by atoms with Crippen LogP contribution in [0.25, 0.3) is 0 Å². The van der Waals surface area contributed by atoms with Crippen LogP contribution in [0.15, 0.2) is 24.3 Å². The average molecular weight is 249 g/mol. The molecular weight excluding hydrogens is 229 g/mol. The van der Waals surface area contributed by atoms with E-state index in [4.69, 9.17) is 0 Å². The van der Waals surface area contributed by atoms with Crippen molar-refractivity contribution in [1.82, 2.24) is 10.2 Å². The smallest absolute Gasteiger partial charge is 0.126 e. The maximum atomic E-state index is 13.6. The molecule has 1 rings (SSSR count). The molecule has 0 radical (unpaired) electrons. The normalized spacial score (nSPS) is 14.2. The molecule has 0 bridgehead atoms. The second-order valence-electron chi connectivity index (χ2n) is 4.94. The third-order valence-electron chi connectivity index (χ3n) is 2.82. The molecule has 98 valence electrons. The van der Waals surface area contributed by atoms with E-state index in [9.17, 15) is 9.65 Å². The van der Waals surface area contributed by atoms with Gasteiger partial charge in [-0.1, -0.05) is 18.2 Å². The lowest BCUT2D eigenvalue weighted by molar-refractivity contribution is 0.360. The van der Waals surface area contributed by atoms with Gasteiger partial charge >= 0.3 is 0 Å². The molecular formula is C14H20FN3. The van der Waals surface area contributed by atoms with Gasteiger partial charge in [-0.25, -0.2) is 4.39 Å². The molecule has 0 aliphatic rings. The molecule has 1 N–H and O–H groups in total. The van der Waals surface area contributed by atoms with Crippen LogP contribution in [0.2, 0.25) is 0 Å². The molecule has 0 spiro atoms. The largest absolute Gasteiger partial charge is 0.308 e. The number of likely N-dealkylation sites (N-methyl/N-ethyl adjacent to an activating group) is 1. The van der Waals surface area contributed by atoms with Crippen molar-refractivity contribution in [3.63, 3.8) is 0 Å². The van der Waals surface area contributed by atoms with Crippen LogP contribution in [-0.4, -0.2) is 37.6 Å². The molecule has 1 aromatic carbocycles. The van der Waals surface area contributed by atoms with E-state index in [2.05, 4.69) is 11.4 Å². The molecule has 0 aliphatic heterocycles. The fourth-order valence-corrected chi connectivity index (χ4v) is 1.72. The van der Waals surface area contributed by atoms with Crippen molar-refractivity contribution < 1.29 is 4.39 Å². The van der Waals surface area contributed by atoms with Gasteiger partial charge in [0.15, 0.2) is 0 Å². The molecule has 0 saturated carbocycles. The average Bonchev–Trinajstić information content (AvgIpc) is 2.32. The van der Waals surface area contributed by atoms with E-state index in [1.165, 1.54) is 6.07 Å². The SMILES string of the molecule is CN(C)CCNC(C)(C#N)Cc1ccccc1F. The lowest BCUT2D eigenvalue weighted by Crippen LogP contribution is -2.45. The quantitative estimate of drug-likeness (QED) is 0.835. The molecule has 1 aromatic rings. The number of rotatable bonds is 6. The highest BCUT2D eigenvalue weighted by Crippen LogP contribution is 2.15. The predicted octanol–water partition coefficient (Wildman–Crippen LogP) is 1.80. The maximum absolute atomic E-state index is 13.6. The molecule has 4 heteroatoms. The minimum Gasteiger partial charge on any atom is -0.308 e. The summed E-state index contributed by atoms with van der Waals surface area (Å²) in [4.78, 5) is 2.04. The third-order valence-corrected chi connectivity index (χ3v) is 2.82. The van der Waals surface area contributed by atoms with E-state index < -0.39 is 5.54 Å². The second-order valence-corrected chi connectivity index (χ2v) is 4.94. The van der Waals surface area contributed by atoms with E-state index >= 15 is 0 Å². The van der Waals surface area contributed by atoms with Crippen molar-refractivity contribution >= 4 is 0 Å². The van der Waals surface area contributed by atoms with Crippen molar-refractivity contribution in [3.05, 3.63) is 35.6 Å². The summed E-state index contributed by atoms with van der Waals surface area (Å²) < 4.78 is 13.6. The van der Waals surface area contributed by atoms with Crippen LogP contribution in [0.5, 0.6) is 0 Å². The molecule has 0 aliphatic carbocycles. The Bertz CT molecular complexity index is 425. The van der Waals surface area contributed by atoms with E-state index in [0.29, 0.717) is 18.5 Å². The first-order valence-corrected chi connectivity index (χ1v) is 6.01. The van der Waals surface area contributed by atoms with Crippen LogP contribution in [0, 0.1) is 17.1 Å². The van der Waals surface area contributed by atoms with Crippen LogP contribution in [0.3, 0.4) is 0 Å². The summed E-state index contributed by atoms with van der Waals surface area (Å²) in [7, 11) is 3.95. The number of nitriles is 1. The standard InChI is InChI=1S/C14H20FN3/c1-14(11-16,17-8-9-18(2)3)10-12-6-4-5-7-13(12)15/h4-7,17H,8-10H2,1-3H3. The van der Waals surface area contributed by atoms with Gasteiger partial charge < -0.3 is 4.90 Å². The summed E-state index contributed by atoms with van der Waals surface area (Å²) in [5.74, 6) is -0.256. The number of nitrogens with zero attached hydrogens (tertiary/aromatic N) is 2. The van der Waals surface area contributed by atoms with Gasteiger partial charge in [0, 0.05) is 19.5 Å². The molecule has 0 aromatic heterocycles. The van der Waals surface area contributed by atoms with Gasteiger partial charge in [0.1, 0.15) is 11.4 Å². The summed E-state index contributed by atoms with van der Waals surface area (Å²) in [6.07, 6.45) is 0.365. The molecule has 1 atom stereocenters. The van der Waals surface area contributed by atoms with E-state index in [-0.39, 0.29) is 5.82 Å². The zero-order chi connectivity index (χ0) is 13.6. The Morgan fingerprint density at radius 2 is 2.06 bits per heavy atom. The van der Waals surface area contributed by atoms with Crippen molar-refractivity contribution in [3.8, 4) is 6.07 Å². The van der Waals surface area contributed by atoms with Crippen molar-refractivity contribution in [2.75, 3.05) is 27.2 Å². The maximum Gasteiger partial charge on any atom is 0.126 e. The van der Waals surface area contributed by atoms with Gasteiger partial charge in [0.25, 0.3) is 0 Å². The van der Waals surface area contributed by atoms with E-state index in [1.807, 2.05) is 19.0 Å². The summed E-state index contributed by atoms with van der Waals surface area (Å²) in [5.41, 5.74) is -0.169. The van der Waals surface area contributed by atoms with Crippen molar-refractivity contribution in [2.24, 2.45) is 0 Å². The molecule has 0 fully saturated rings. The van der Waals surface area contributed by atoms with Crippen LogP contribution in [0.1, 0.15) is 12.5 Å². The van der Waals surface area contributed by atoms with E-state index in [0.717, 1.165) is 6.54 Å². The zero-order valence-corrected chi connectivity index (χ0v) is 11.2. The van der Waals surface area contributed by atoms with Gasteiger partial charge in [0.05, 0.1) is 6.07 Å². The zero-order valence-electron chi connectivity index (χ0n) is 11.2. The highest BCUT2D eigenvalue weighted by atomic mass is 19.1. The van der Waals surface area contributed by atoms with Gasteiger partial charge in [-0.15, -0.1) is 0 Å². The van der Waals surface area contributed by atoms with Crippen LogP contribution in [-0.2, 0) is 6.42 Å². The Morgan fingerprint density at radius 1 is 1.39 bits per heavy atom. The molecule has 3 nitrogen and oxygen atoms in total. The van der Waals surface area contributed by atoms with Crippen LogP contribution >= 0.6 is 0 Å². The first-order chi connectivity index (χ1) is 8.47. The lowest BCUT2D eigenvalue weighted by Gasteiger charge is -2.24. The third kappa shape index (κ3) is 4.44. The fourth-order valence-electron chi connectivity index (χ4n) is 1.72. The second kappa shape index (κ2) is 6.48. The van der Waals surface area contributed by atoms with Gasteiger partial charge in [0.2, 0.25) is 0 Å². The van der Waals surface area contributed by atoms with Gasteiger partial charge in [-0.05, 0) is 32.6 Å². The summed E-state index contributed by atoms with van der Waals surface area (Å²) in [5, 5.41) is 12.4. The van der Waals surface area contributed by atoms with Crippen LogP contribution < -0.4 is 5.32 Å². The number of halogens is 1. The number of hydrogen-bond acceptors (Lipinski definition) is 3. The molecule has 0 saturated heterocycles. The molecule has 1 unspecified atom stereocenters. The van der Waals surface area contributed by atoms with Crippen molar-refractivity contribution in [2.45, 2.75) is 18.9 Å². The first-order valence-electron chi connectivity index (χ1n) is 6.01. The summed E-state index contributed by atoms with van der Waals surface area (Å²) in [6.45, 7) is 3.34. The Labute approximate surface area is 108 Å². The monoisotopic (exact) mass is 249 g/mol. The molecule has 0 heterocycles. The number of nitrogens with one attached hydrogen (secondary N) is 1. The Hall–Kier alpha value is -1.44. The summed E-state index contributed by atoms with van der Waals surface area (Å²) in [6, 6.07) is 8.82. The minimum atomic E-state index is -0.738. The topological polar surface area (TPSA) is 39.1 Å². The number of hydrogen-bond donors (Lipinski definition) is 1. The van der Waals surface area contributed by atoms with Crippen molar-refractivity contribution in [1.29, 1.82) is 5.26 Å². The Kier molecular flexibility index (Phi) is 5.26. The molecule has 0 amide bonds. The number of benzene rings is 1. The van der Waals surface area contributed by atoms with Crippen LogP contribution in [0.4, 0.5) is 4.39 Å². The predicted molar refractivity (Wildman–Crippen MR) is 70.7 cm³/mol.